The summed E-state index contributed by atoms with van der Waals surface area (Å²) in [5.74, 6) is 0. The number of nitrogens with zero attached hydrogens (tertiary/aromatic N) is 5. The number of rotatable bonds is 7. The molecule has 0 amide bonds. The van der Waals surface area contributed by atoms with E-state index >= 15 is 0 Å². The average Bonchev–Trinajstić information content (AvgIpc) is 3.02. The van der Waals surface area contributed by atoms with E-state index in [9.17, 15) is 18.5 Å². The molecule has 152 valence electrons. The highest BCUT2D eigenvalue weighted by Gasteiger charge is 2.29. The molecule has 0 atom stereocenters. The van der Waals surface area contributed by atoms with Crippen LogP contribution in [0.3, 0.4) is 0 Å². The van der Waals surface area contributed by atoms with Crippen LogP contribution >= 0.6 is 12.2 Å². The van der Waals surface area contributed by atoms with Crippen LogP contribution in [0.15, 0.2) is 41.6 Å². The molecule has 3 rings (SSSR count). The lowest BCUT2D eigenvalue weighted by atomic mass is 10.3. The number of hydrogen-bond donors (Lipinski definition) is 0. The fraction of sp³-hybridized carbons (Fsp3) is 0.471. The average molecular weight is 426 g/mol. The van der Waals surface area contributed by atoms with E-state index in [-0.39, 0.29) is 10.6 Å². The predicted molar refractivity (Wildman–Crippen MR) is 107 cm³/mol. The molecule has 0 saturated carbocycles. The Labute approximate surface area is 169 Å². The zero-order valence-electron chi connectivity index (χ0n) is 15.6. The molecule has 0 bridgehead atoms. The maximum atomic E-state index is 12.8. The lowest BCUT2D eigenvalue weighted by molar-refractivity contribution is -0.385. The molecule has 0 unspecified atom stereocenters. The van der Waals surface area contributed by atoms with E-state index in [1.807, 2.05) is 21.5 Å². The Hall–Kier alpha value is -2.08. The van der Waals surface area contributed by atoms with Crippen LogP contribution in [-0.2, 0) is 23.2 Å². The molecule has 1 fully saturated rings. The van der Waals surface area contributed by atoms with Crippen molar-refractivity contribution < 1.29 is 13.3 Å². The monoisotopic (exact) mass is 425 g/mol. The van der Waals surface area contributed by atoms with Crippen molar-refractivity contribution in [2.45, 2.75) is 31.5 Å². The SMILES string of the molecule is CCCn1ccn(CN2CCN(S(=O)(=O)c3cccc([N+](=O)[O-])c3)CC2)c1=S. The van der Waals surface area contributed by atoms with Gasteiger partial charge >= 0.3 is 0 Å². The highest BCUT2D eigenvalue weighted by Crippen LogP contribution is 2.22. The largest absolute Gasteiger partial charge is 0.324 e. The van der Waals surface area contributed by atoms with E-state index in [2.05, 4.69) is 11.8 Å². The third-order valence-electron chi connectivity index (χ3n) is 4.73. The summed E-state index contributed by atoms with van der Waals surface area (Å²) in [4.78, 5) is 12.4. The molecule has 1 aromatic heterocycles. The highest BCUT2D eigenvalue weighted by molar-refractivity contribution is 7.89. The summed E-state index contributed by atoms with van der Waals surface area (Å²) in [5.41, 5.74) is -0.231. The Kier molecular flexibility index (Phi) is 6.28. The molecule has 0 spiro atoms. The molecule has 1 aliphatic heterocycles. The van der Waals surface area contributed by atoms with Crippen LogP contribution in [-0.4, -0.2) is 57.9 Å². The summed E-state index contributed by atoms with van der Waals surface area (Å²) in [6, 6.07) is 5.18. The van der Waals surface area contributed by atoms with E-state index in [0.29, 0.717) is 32.8 Å². The second kappa shape index (κ2) is 8.52. The Morgan fingerprint density at radius 2 is 1.82 bits per heavy atom. The van der Waals surface area contributed by atoms with E-state index < -0.39 is 14.9 Å². The number of imidazole rings is 1. The van der Waals surface area contributed by atoms with Gasteiger partial charge in [-0.1, -0.05) is 13.0 Å². The third-order valence-corrected chi connectivity index (χ3v) is 7.10. The van der Waals surface area contributed by atoms with Crippen molar-refractivity contribution in [3.05, 3.63) is 51.5 Å². The zero-order chi connectivity index (χ0) is 20.3. The zero-order valence-corrected chi connectivity index (χ0v) is 17.2. The molecule has 0 radical (unpaired) electrons. The minimum absolute atomic E-state index is 0.0472. The number of non-ortho nitro benzene ring substituents is 1. The van der Waals surface area contributed by atoms with Crippen LogP contribution in [0.1, 0.15) is 13.3 Å². The van der Waals surface area contributed by atoms with Gasteiger partial charge in [-0.2, -0.15) is 4.31 Å². The van der Waals surface area contributed by atoms with Crippen LogP contribution in [0.25, 0.3) is 0 Å². The van der Waals surface area contributed by atoms with Crippen molar-refractivity contribution in [2.24, 2.45) is 0 Å². The molecule has 2 heterocycles. The number of aryl methyl sites for hydroxylation is 1. The van der Waals surface area contributed by atoms with Gasteiger partial charge in [-0.25, -0.2) is 8.42 Å². The number of nitro benzene ring substituents is 1. The molecule has 9 nitrogen and oxygen atoms in total. The first-order chi connectivity index (χ1) is 13.3. The van der Waals surface area contributed by atoms with E-state index in [1.165, 1.54) is 22.5 Å². The molecule has 1 aromatic carbocycles. The molecule has 0 aliphatic carbocycles. The lowest BCUT2D eigenvalue weighted by Crippen LogP contribution is -2.48. The number of hydrogen-bond acceptors (Lipinski definition) is 6. The topological polar surface area (TPSA) is 93.6 Å². The molecule has 1 saturated heterocycles. The number of nitro groups is 1. The quantitative estimate of drug-likeness (QED) is 0.384. The van der Waals surface area contributed by atoms with Gasteiger partial charge in [0.2, 0.25) is 10.0 Å². The summed E-state index contributed by atoms with van der Waals surface area (Å²) in [5, 5.41) is 10.9. The standard InChI is InChI=1S/C17H23N5O4S2/c1-2-6-19-9-10-20(17(19)27)14-18-7-11-21(12-8-18)28(25,26)16-5-3-4-15(13-16)22(23)24/h3-5,9-10,13H,2,6-8,11-12,14H2,1H3. The minimum Gasteiger partial charge on any atom is -0.324 e. The number of piperazine rings is 1. The van der Waals surface area contributed by atoms with Crippen molar-refractivity contribution in [3.8, 4) is 0 Å². The number of sulfonamides is 1. The molecule has 2 aromatic rings. The van der Waals surface area contributed by atoms with Gasteiger partial charge in [-0.3, -0.25) is 15.0 Å². The lowest BCUT2D eigenvalue weighted by Gasteiger charge is -2.34. The first kappa shape index (κ1) is 20.6. The van der Waals surface area contributed by atoms with E-state index in [1.54, 1.807) is 0 Å². The summed E-state index contributed by atoms with van der Waals surface area (Å²) in [6.45, 7) is 5.37. The maximum Gasteiger partial charge on any atom is 0.270 e. The van der Waals surface area contributed by atoms with E-state index in [0.717, 1.165) is 23.8 Å². The molecular weight excluding hydrogens is 402 g/mol. The van der Waals surface area contributed by atoms with Crippen LogP contribution in [0.2, 0.25) is 0 Å². The fourth-order valence-corrected chi connectivity index (χ4v) is 4.94. The minimum atomic E-state index is -3.76. The normalized spacial score (nSPS) is 16.3. The van der Waals surface area contributed by atoms with Crippen molar-refractivity contribution in [3.63, 3.8) is 0 Å². The second-order valence-electron chi connectivity index (χ2n) is 6.66. The first-order valence-corrected chi connectivity index (χ1v) is 10.9. The van der Waals surface area contributed by atoms with Gasteiger partial charge in [-0.15, -0.1) is 0 Å². The van der Waals surface area contributed by atoms with Crippen molar-refractivity contribution in [1.82, 2.24) is 18.3 Å². The summed E-state index contributed by atoms with van der Waals surface area (Å²) < 4.78 is 31.8. The first-order valence-electron chi connectivity index (χ1n) is 9.05. The van der Waals surface area contributed by atoms with Gasteiger partial charge < -0.3 is 9.13 Å². The van der Waals surface area contributed by atoms with Crippen LogP contribution in [0.5, 0.6) is 0 Å². The molecule has 28 heavy (non-hydrogen) atoms. The van der Waals surface area contributed by atoms with Crippen molar-refractivity contribution in [2.75, 3.05) is 26.2 Å². The Morgan fingerprint density at radius 3 is 2.46 bits per heavy atom. The molecular formula is C17H23N5O4S2. The summed E-state index contributed by atoms with van der Waals surface area (Å²) in [6.07, 6.45) is 4.92. The van der Waals surface area contributed by atoms with Gasteiger partial charge in [0.05, 0.1) is 16.5 Å². The van der Waals surface area contributed by atoms with Gasteiger partial charge in [0.15, 0.2) is 4.77 Å². The van der Waals surface area contributed by atoms with E-state index in [4.69, 9.17) is 12.2 Å². The Morgan fingerprint density at radius 1 is 1.14 bits per heavy atom. The fourth-order valence-electron chi connectivity index (χ4n) is 3.21. The Bertz CT molecular complexity index is 1010. The molecule has 1 aliphatic rings. The van der Waals surface area contributed by atoms with Crippen LogP contribution < -0.4 is 0 Å². The molecule has 0 N–H and O–H groups in total. The Balaban J connectivity index is 1.65. The number of aromatic nitrogens is 2. The second-order valence-corrected chi connectivity index (χ2v) is 8.96. The van der Waals surface area contributed by atoms with Crippen molar-refractivity contribution in [1.29, 1.82) is 0 Å². The smallest absolute Gasteiger partial charge is 0.270 e. The number of benzene rings is 1. The van der Waals surface area contributed by atoms with Crippen LogP contribution in [0, 0.1) is 14.9 Å². The molecule has 11 heteroatoms. The highest BCUT2D eigenvalue weighted by atomic mass is 32.2. The summed E-state index contributed by atoms with van der Waals surface area (Å²) >= 11 is 5.48. The predicted octanol–water partition coefficient (Wildman–Crippen LogP) is 2.30. The van der Waals surface area contributed by atoms with Crippen molar-refractivity contribution >= 4 is 27.9 Å². The van der Waals surface area contributed by atoms with Crippen LogP contribution in [0.4, 0.5) is 5.69 Å². The summed E-state index contributed by atoms with van der Waals surface area (Å²) in [7, 11) is -3.76. The van der Waals surface area contributed by atoms with Gasteiger partial charge in [0, 0.05) is 57.3 Å². The maximum absolute atomic E-state index is 12.8. The third kappa shape index (κ3) is 4.32. The van der Waals surface area contributed by atoms with Gasteiger partial charge in [0.1, 0.15) is 0 Å². The van der Waals surface area contributed by atoms with Gasteiger partial charge in [0.25, 0.3) is 5.69 Å². The van der Waals surface area contributed by atoms with Gasteiger partial charge in [-0.05, 0) is 24.7 Å².